The van der Waals surface area contributed by atoms with Crippen molar-refractivity contribution < 1.29 is 22.5 Å². The molecular formula is C18H25BF3NO2. The lowest BCUT2D eigenvalue weighted by atomic mass is 9.78. The van der Waals surface area contributed by atoms with E-state index in [0.717, 1.165) is 11.0 Å². The minimum absolute atomic E-state index is 0.0893. The second kappa shape index (κ2) is 6.29. The van der Waals surface area contributed by atoms with Crippen LogP contribution in [0.1, 0.15) is 45.6 Å². The van der Waals surface area contributed by atoms with Gasteiger partial charge >= 0.3 is 13.3 Å². The van der Waals surface area contributed by atoms with E-state index in [2.05, 4.69) is 0 Å². The lowest BCUT2D eigenvalue weighted by Gasteiger charge is -2.39. The molecule has 25 heavy (non-hydrogen) atoms. The molecule has 3 nitrogen and oxygen atoms in total. The van der Waals surface area contributed by atoms with Gasteiger partial charge in [-0.25, -0.2) is 0 Å². The lowest BCUT2D eigenvalue weighted by molar-refractivity contribution is -0.140. The van der Waals surface area contributed by atoms with Crippen LogP contribution in [0, 0.1) is 0 Å². The van der Waals surface area contributed by atoms with Crippen molar-refractivity contribution in [3.05, 3.63) is 29.8 Å². The Morgan fingerprint density at radius 1 is 1.04 bits per heavy atom. The third-order valence-corrected chi connectivity index (χ3v) is 5.60. The van der Waals surface area contributed by atoms with E-state index in [1.54, 1.807) is 0 Å². The molecule has 2 saturated heterocycles. The van der Waals surface area contributed by atoms with Crippen molar-refractivity contribution in [2.45, 2.75) is 57.4 Å². The third-order valence-electron chi connectivity index (χ3n) is 5.60. The van der Waals surface area contributed by atoms with E-state index in [1.807, 2.05) is 56.9 Å². The van der Waals surface area contributed by atoms with E-state index in [0.29, 0.717) is 19.0 Å². The van der Waals surface area contributed by atoms with Crippen LogP contribution < -0.4 is 5.46 Å². The standard InChI is InChI=1S/C18H25BF3NO2/c1-16(2)17(3,4)25-19(24-16)15-7-5-13(6-8-15)14-11-23(12-14)10-9-18(20,21)22/h5-8,14H,9-12H2,1-4H3. The highest BCUT2D eigenvalue weighted by Crippen LogP contribution is 2.36. The molecule has 0 atom stereocenters. The van der Waals surface area contributed by atoms with Crippen molar-refractivity contribution in [1.29, 1.82) is 0 Å². The fourth-order valence-corrected chi connectivity index (χ4v) is 3.15. The summed E-state index contributed by atoms with van der Waals surface area (Å²) >= 11 is 0. The van der Waals surface area contributed by atoms with Gasteiger partial charge in [-0.05, 0) is 38.7 Å². The van der Waals surface area contributed by atoms with Crippen molar-refractivity contribution in [3.63, 3.8) is 0 Å². The fraction of sp³-hybridized carbons (Fsp3) is 0.667. The smallest absolute Gasteiger partial charge is 0.399 e. The highest BCUT2D eigenvalue weighted by molar-refractivity contribution is 6.62. The average Bonchev–Trinajstić information content (AvgIpc) is 2.65. The van der Waals surface area contributed by atoms with Crippen LogP contribution in [-0.4, -0.2) is 49.0 Å². The first-order valence-electron chi connectivity index (χ1n) is 8.71. The van der Waals surface area contributed by atoms with E-state index in [4.69, 9.17) is 9.31 Å². The Balaban J connectivity index is 1.54. The largest absolute Gasteiger partial charge is 0.494 e. The summed E-state index contributed by atoms with van der Waals surface area (Å²) in [7, 11) is -0.385. The molecule has 3 rings (SSSR count). The number of likely N-dealkylation sites (tertiary alicyclic amines) is 1. The Labute approximate surface area is 147 Å². The van der Waals surface area contributed by atoms with Gasteiger partial charge in [0.25, 0.3) is 0 Å². The van der Waals surface area contributed by atoms with Gasteiger partial charge in [0.2, 0.25) is 0 Å². The summed E-state index contributed by atoms with van der Waals surface area (Å²) in [5.41, 5.74) is 1.38. The van der Waals surface area contributed by atoms with Crippen molar-refractivity contribution in [2.75, 3.05) is 19.6 Å². The third kappa shape index (κ3) is 4.04. The molecule has 0 N–H and O–H groups in total. The highest BCUT2D eigenvalue weighted by atomic mass is 19.4. The van der Waals surface area contributed by atoms with Crippen LogP contribution in [0.4, 0.5) is 13.2 Å². The molecule has 0 bridgehead atoms. The summed E-state index contributed by atoms with van der Waals surface area (Å²) in [6, 6.07) is 8.06. The van der Waals surface area contributed by atoms with Gasteiger partial charge in [0.15, 0.2) is 0 Å². The summed E-state index contributed by atoms with van der Waals surface area (Å²) < 4.78 is 48.8. The van der Waals surface area contributed by atoms with Crippen LogP contribution in [0.3, 0.4) is 0 Å². The Bertz CT molecular complexity index is 594. The van der Waals surface area contributed by atoms with Crippen LogP contribution in [-0.2, 0) is 9.31 Å². The number of alkyl halides is 3. The molecule has 1 aromatic carbocycles. The molecule has 0 radical (unpaired) electrons. The molecule has 2 fully saturated rings. The number of hydrogen-bond acceptors (Lipinski definition) is 3. The van der Waals surface area contributed by atoms with Gasteiger partial charge in [0.1, 0.15) is 0 Å². The number of hydrogen-bond donors (Lipinski definition) is 0. The maximum Gasteiger partial charge on any atom is 0.494 e. The molecule has 1 aromatic rings. The summed E-state index contributed by atoms with van der Waals surface area (Å²) in [5, 5.41) is 0. The molecular weight excluding hydrogens is 330 g/mol. The van der Waals surface area contributed by atoms with Crippen LogP contribution in [0.25, 0.3) is 0 Å². The molecule has 0 aliphatic carbocycles. The predicted octanol–water partition coefficient (Wildman–Crippen LogP) is 3.34. The first-order chi connectivity index (χ1) is 11.5. The lowest BCUT2D eigenvalue weighted by Crippen LogP contribution is -2.46. The molecule has 0 unspecified atom stereocenters. The van der Waals surface area contributed by atoms with Gasteiger partial charge in [0, 0.05) is 25.6 Å². The van der Waals surface area contributed by atoms with Gasteiger partial charge in [0.05, 0.1) is 17.6 Å². The van der Waals surface area contributed by atoms with E-state index >= 15 is 0 Å². The van der Waals surface area contributed by atoms with Gasteiger partial charge in [-0.15, -0.1) is 0 Å². The van der Waals surface area contributed by atoms with Crippen molar-refractivity contribution >= 4 is 12.6 Å². The van der Waals surface area contributed by atoms with Gasteiger partial charge in [-0.1, -0.05) is 24.3 Å². The second-order valence-electron chi connectivity index (χ2n) is 8.08. The minimum atomic E-state index is -4.07. The molecule has 138 valence electrons. The number of benzene rings is 1. The van der Waals surface area contributed by atoms with Gasteiger partial charge in [-0.2, -0.15) is 13.2 Å². The van der Waals surface area contributed by atoms with Crippen molar-refractivity contribution in [3.8, 4) is 0 Å². The molecule has 2 aliphatic heterocycles. The van der Waals surface area contributed by atoms with E-state index < -0.39 is 12.6 Å². The number of rotatable bonds is 4. The summed E-state index contributed by atoms with van der Waals surface area (Å²) in [6.45, 7) is 9.54. The second-order valence-corrected chi connectivity index (χ2v) is 8.08. The fourth-order valence-electron chi connectivity index (χ4n) is 3.15. The van der Waals surface area contributed by atoms with E-state index in [9.17, 15) is 13.2 Å². The first kappa shape index (κ1) is 18.7. The predicted molar refractivity (Wildman–Crippen MR) is 92.0 cm³/mol. The van der Waals surface area contributed by atoms with E-state index in [-0.39, 0.29) is 24.9 Å². The van der Waals surface area contributed by atoms with Crippen LogP contribution in [0.2, 0.25) is 0 Å². The van der Waals surface area contributed by atoms with Crippen LogP contribution in [0.15, 0.2) is 24.3 Å². The zero-order valence-electron chi connectivity index (χ0n) is 15.2. The van der Waals surface area contributed by atoms with Crippen LogP contribution >= 0.6 is 0 Å². The molecule has 0 amide bonds. The Kier molecular flexibility index (Phi) is 4.71. The molecule has 0 spiro atoms. The zero-order chi connectivity index (χ0) is 18.5. The highest BCUT2D eigenvalue weighted by Gasteiger charge is 2.51. The number of nitrogens with zero attached hydrogens (tertiary/aromatic N) is 1. The maximum atomic E-state index is 12.2. The average molecular weight is 355 g/mol. The normalized spacial score (nSPS) is 23.7. The van der Waals surface area contributed by atoms with Crippen molar-refractivity contribution in [1.82, 2.24) is 4.90 Å². The first-order valence-corrected chi connectivity index (χ1v) is 8.71. The molecule has 2 aliphatic rings. The number of halogens is 3. The molecule has 0 saturated carbocycles. The monoisotopic (exact) mass is 355 g/mol. The Morgan fingerprint density at radius 3 is 2.04 bits per heavy atom. The van der Waals surface area contributed by atoms with Gasteiger partial charge in [-0.3, -0.25) is 0 Å². The summed E-state index contributed by atoms with van der Waals surface area (Å²) in [5.74, 6) is 0.306. The summed E-state index contributed by atoms with van der Waals surface area (Å²) in [6.07, 6.45) is -4.81. The van der Waals surface area contributed by atoms with Crippen molar-refractivity contribution in [2.24, 2.45) is 0 Å². The molecule has 2 heterocycles. The molecule has 7 heteroatoms. The van der Waals surface area contributed by atoms with Crippen LogP contribution in [0.5, 0.6) is 0 Å². The Morgan fingerprint density at radius 2 is 1.56 bits per heavy atom. The minimum Gasteiger partial charge on any atom is -0.399 e. The van der Waals surface area contributed by atoms with Gasteiger partial charge < -0.3 is 14.2 Å². The topological polar surface area (TPSA) is 21.7 Å². The van der Waals surface area contributed by atoms with E-state index in [1.165, 1.54) is 0 Å². The summed E-state index contributed by atoms with van der Waals surface area (Å²) in [4.78, 5) is 1.85. The zero-order valence-corrected chi connectivity index (χ0v) is 15.2. The Hall–Kier alpha value is -1.05. The SMILES string of the molecule is CC1(C)OB(c2ccc(C3CN(CCC(F)(F)F)C3)cc2)OC1(C)C. The molecule has 0 aromatic heterocycles. The quantitative estimate of drug-likeness (QED) is 0.774. The maximum absolute atomic E-state index is 12.2.